The summed E-state index contributed by atoms with van der Waals surface area (Å²) in [5.41, 5.74) is 3.45. The van der Waals surface area contributed by atoms with Gasteiger partial charge in [0.15, 0.2) is 0 Å². The van der Waals surface area contributed by atoms with Crippen LogP contribution < -0.4 is 0 Å². The van der Waals surface area contributed by atoms with Gasteiger partial charge in [0.05, 0.1) is 5.56 Å². The summed E-state index contributed by atoms with van der Waals surface area (Å²) < 4.78 is 29.1. The Kier molecular flexibility index (Phi) is 4.14. The molecule has 0 aliphatic rings. The zero-order valence-electron chi connectivity index (χ0n) is 13.0. The fraction of sp³-hybridized carbons (Fsp3) is 0.100. The molecule has 0 fully saturated rings. The van der Waals surface area contributed by atoms with E-state index in [0.29, 0.717) is 10.4 Å². The van der Waals surface area contributed by atoms with Crippen molar-refractivity contribution in [2.75, 3.05) is 0 Å². The molecule has 0 aliphatic carbocycles. The number of hydrogen-bond donors (Lipinski definition) is 0. The highest BCUT2D eigenvalue weighted by molar-refractivity contribution is 7.16. The second-order valence-corrected chi connectivity index (χ2v) is 6.63. The molecule has 0 amide bonds. The number of rotatable bonds is 3. The molecule has 3 rings (SSSR count). The lowest BCUT2D eigenvalue weighted by Crippen LogP contribution is -1.91. The van der Waals surface area contributed by atoms with Gasteiger partial charge in [-0.3, -0.25) is 0 Å². The fourth-order valence-electron chi connectivity index (χ4n) is 2.54. The fourth-order valence-corrected chi connectivity index (χ4v) is 3.62. The van der Waals surface area contributed by atoms with Crippen LogP contribution in [0.3, 0.4) is 0 Å². The predicted octanol–water partition coefficient (Wildman–Crippen LogP) is 6.62. The Balaban J connectivity index is 2.10. The van der Waals surface area contributed by atoms with E-state index in [0.717, 1.165) is 21.6 Å². The molecular weight excluding hydrogens is 310 g/mol. The lowest BCUT2D eigenvalue weighted by atomic mass is 10.0. The van der Waals surface area contributed by atoms with Crippen LogP contribution in [-0.2, 0) is 0 Å². The van der Waals surface area contributed by atoms with Gasteiger partial charge in [-0.05, 0) is 48.7 Å². The highest BCUT2D eigenvalue weighted by Crippen LogP contribution is 2.37. The van der Waals surface area contributed by atoms with Crippen molar-refractivity contribution in [3.05, 3.63) is 76.7 Å². The SMILES string of the molecule is C=Cc1sc(-c2c(F)cc(-c3ccc(C)cc3)cc2F)cc1C. The smallest absolute Gasteiger partial charge is 0.135 e. The van der Waals surface area contributed by atoms with Crippen LogP contribution in [0.2, 0.25) is 0 Å². The van der Waals surface area contributed by atoms with E-state index in [1.165, 1.54) is 23.5 Å². The zero-order valence-corrected chi connectivity index (χ0v) is 13.8. The molecule has 3 aromatic rings. The molecule has 2 aromatic carbocycles. The Bertz CT molecular complexity index is 850. The molecular formula is C20H16F2S. The molecule has 0 spiro atoms. The number of thiophene rings is 1. The Morgan fingerprint density at radius 1 is 0.913 bits per heavy atom. The molecule has 0 N–H and O–H groups in total. The van der Waals surface area contributed by atoms with E-state index >= 15 is 0 Å². The molecule has 1 heterocycles. The van der Waals surface area contributed by atoms with Crippen LogP contribution in [0, 0.1) is 25.5 Å². The van der Waals surface area contributed by atoms with Crippen molar-refractivity contribution in [3.63, 3.8) is 0 Å². The molecule has 1 aromatic heterocycles. The minimum atomic E-state index is -0.544. The quantitative estimate of drug-likeness (QED) is 0.507. The van der Waals surface area contributed by atoms with Crippen molar-refractivity contribution in [1.29, 1.82) is 0 Å². The largest absolute Gasteiger partial charge is 0.206 e. The van der Waals surface area contributed by atoms with Gasteiger partial charge in [0, 0.05) is 9.75 Å². The van der Waals surface area contributed by atoms with Crippen LogP contribution in [0.5, 0.6) is 0 Å². The lowest BCUT2D eigenvalue weighted by molar-refractivity contribution is 0.591. The first-order valence-corrected chi connectivity index (χ1v) is 8.10. The molecule has 0 saturated heterocycles. The zero-order chi connectivity index (χ0) is 16.6. The van der Waals surface area contributed by atoms with Crippen LogP contribution >= 0.6 is 11.3 Å². The van der Waals surface area contributed by atoms with Gasteiger partial charge in [0.25, 0.3) is 0 Å². The molecule has 3 heteroatoms. The molecule has 0 atom stereocenters. The minimum Gasteiger partial charge on any atom is -0.206 e. The third-order valence-electron chi connectivity index (χ3n) is 3.81. The Hall–Kier alpha value is -2.26. The van der Waals surface area contributed by atoms with Crippen molar-refractivity contribution in [2.24, 2.45) is 0 Å². The molecule has 0 aliphatic heterocycles. The van der Waals surface area contributed by atoms with Crippen LogP contribution in [0.25, 0.3) is 27.6 Å². The molecule has 23 heavy (non-hydrogen) atoms. The standard InChI is InChI=1S/C20H16F2S/c1-4-18-13(3)9-19(23-18)20-16(21)10-15(11-17(20)22)14-7-5-12(2)6-8-14/h4-11H,1H2,2-3H3. The second-order valence-electron chi connectivity index (χ2n) is 5.54. The summed E-state index contributed by atoms with van der Waals surface area (Å²) in [4.78, 5) is 1.52. The first-order chi connectivity index (χ1) is 11.0. The monoisotopic (exact) mass is 326 g/mol. The van der Waals surface area contributed by atoms with Crippen molar-refractivity contribution in [2.45, 2.75) is 13.8 Å². The van der Waals surface area contributed by atoms with Gasteiger partial charge >= 0.3 is 0 Å². The van der Waals surface area contributed by atoms with Crippen LogP contribution in [0.15, 0.2) is 49.0 Å². The lowest BCUT2D eigenvalue weighted by Gasteiger charge is -2.07. The van der Waals surface area contributed by atoms with E-state index in [1.807, 2.05) is 38.1 Å². The number of halogens is 2. The van der Waals surface area contributed by atoms with E-state index < -0.39 is 11.6 Å². The number of aryl methyl sites for hydroxylation is 2. The number of hydrogen-bond acceptors (Lipinski definition) is 1. The summed E-state index contributed by atoms with van der Waals surface area (Å²) in [5.74, 6) is -1.09. The average Bonchev–Trinajstić information content (AvgIpc) is 2.88. The van der Waals surface area contributed by atoms with Crippen molar-refractivity contribution in [1.82, 2.24) is 0 Å². The van der Waals surface area contributed by atoms with E-state index in [9.17, 15) is 8.78 Å². The summed E-state index contributed by atoms with van der Waals surface area (Å²) in [6, 6.07) is 12.2. The summed E-state index contributed by atoms with van der Waals surface area (Å²) in [7, 11) is 0. The maximum absolute atomic E-state index is 14.5. The molecule has 0 nitrogen and oxygen atoms in total. The maximum Gasteiger partial charge on any atom is 0.135 e. The van der Waals surface area contributed by atoms with Crippen molar-refractivity contribution < 1.29 is 8.78 Å². The topological polar surface area (TPSA) is 0 Å². The second kappa shape index (κ2) is 6.09. The Labute approximate surface area is 138 Å². The van der Waals surface area contributed by atoms with Gasteiger partial charge in [-0.15, -0.1) is 11.3 Å². The van der Waals surface area contributed by atoms with E-state index in [-0.39, 0.29) is 5.56 Å². The van der Waals surface area contributed by atoms with Crippen LogP contribution in [0.4, 0.5) is 8.78 Å². The summed E-state index contributed by atoms with van der Waals surface area (Å²) in [5, 5.41) is 0. The van der Waals surface area contributed by atoms with Gasteiger partial charge in [0.2, 0.25) is 0 Å². The van der Waals surface area contributed by atoms with Gasteiger partial charge in [-0.1, -0.05) is 42.5 Å². The van der Waals surface area contributed by atoms with Crippen LogP contribution in [-0.4, -0.2) is 0 Å². The molecule has 116 valence electrons. The van der Waals surface area contributed by atoms with Gasteiger partial charge in [0.1, 0.15) is 11.6 Å². The third-order valence-corrected chi connectivity index (χ3v) is 5.07. The first kappa shape index (κ1) is 15.6. The van der Waals surface area contributed by atoms with Crippen LogP contribution in [0.1, 0.15) is 16.0 Å². The minimum absolute atomic E-state index is 0.0297. The van der Waals surface area contributed by atoms with Gasteiger partial charge < -0.3 is 0 Å². The molecule has 0 unspecified atom stereocenters. The number of benzene rings is 2. The maximum atomic E-state index is 14.5. The van der Waals surface area contributed by atoms with E-state index in [1.54, 1.807) is 12.1 Å². The van der Waals surface area contributed by atoms with E-state index in [2.05, 4.69) is 6.58 Å². The third kappa shape index (κ3) is 2.97. The van der Waals surface area contributed by atoms with Gasteiger partial charge in [-0.2, -0.15) is 0 Å². The normalized spacial score (nSPS) is 10.8. The highest BCUT2D eigenvalue weighted by Gasteiger charge is 2.17. The molecule has 0 radical (unpaired) electrons. The Morgan fingerprint density at radius 3 is 2.04 bits per heavy atom. The van der Waals surface area contributed by atoms with E-state index in [4.69, 9.17) is 0 Å². The van der Waals surface area contributed by atoms with Crippen molar-refractivity contribution in [3.8, 4) is 21.6 Å². The summed E-state index contributed by atoms with van der Waals surface area (Å²) in [6.45, 7) is 7.61. The molecule has 0 bridgehead atoms. The highest BCUT2D eigenvalue weighted by atomic mass is 32.1. The average molecular weight is 326 g/mol. The summed E-state index contributed by atoms with van der Waals surface area (Å²) in [6.07, 6.45) is 1.71. The molecule has 0 saturated carbocycles. The summed E-state index contributed by atoms with van der Waals surface area (Å²) >= 11 is 1.35. The first-order valence-electron chi connectivity index (χ1n) is 7.29. The van der Waals surface area contributed by atoms with Crippen molar-refractivity contribution >= 4 is 17.4 Å². The predicted molar refractivity (Wildman–Crippen MR) is 94.7 cm³/mol. The Morgan fingerprint density at radius 2 is 1.52 bits per heavy atom. The van der Waals surface area contributed by atoms with Gasteiger partial charge in [-0.25, -0.2) is 8.78 Å².